The third-order valence-electron chi connectivity index (χ3n) is 4.17. The lowest BCUT2D eigenvalue weighted by atomic mass is 10.0. The molecule has 1 aliphatic heterocycles. The Hall–Kier alpha value is -2.42. The average Bonchev–Trinajstić information content (AvgIpc) is 2.81. The molecule has 1 atom stereocenters. The molecule has 1 aromatic heterocycles. The number of hydrogen-bond acceptors (Lipinski definition) is 5. The van der Waals surface area contributed by atoms with Crippen molar-refractivity contribution in [2.75, 3.05) is 5.75 Å². The molecule has 1 N–H and O–H groups in total. The molecule has 1 amide bonds. The first-order chi connectivity index (χ1) is 11.9. The van der Waals surface area contributed by atoms with Crippen LogP contribution in [0.1, 0.15) is 29.4 Å². The minimum Gasteiger partial charge on any atom is -0.348 e. The first-order valence-corrected chi connectivity index (χ1v) is 8.75. The standard InChI is InChI=1S/C16H17FN4O3S/c1-9-16(21(23)24)10(2)20(19-9)8-15(22)18-13-5-6-25-14-4-3-11(17)7-12(13)14/h3-4,7,13H,5-6,8H2,1-2H3,(H,18,22). The fourth-order valence-corrected chi connectivity index (χ4v) is 4.10. The number of thioether (sulfide) groups is 1. The van der Waals surface area contributed by atoms with E-state index >= 15 is 0 Å². The molecule has 0 radical (unpaired) electrons. The van der Waals surface area contributed by atoms with E-state index in [4.69, 9.17) is 0 Å². The lowest BCUT2D eigenvalue weighted by molar-refractivity contribution is -0.386. The quantitative estimate of drug-likeness (QED) is 0.665. The van der Waals surface area contributed by atoms with Crippen LogP contribution in [0.4, 0.5) is 10.1 Å². The van der Waals surface area contributed by atoms with Gasteiger partial charge in [0.2, 0.25) is 5.91 Å². The van der Waals surface area contributed by atoms with Crippen molar-refractivity contribution in [1.82, 2.24) is 15.1 Å². The maximum Gasteiger partial charge on any atom is 0.312 e. The zero-order chi connectivity index (χ0) is 18.1. The SMILES string of the molecule is Cc1nn(CC(=O)NC2CCSc3ccc(F)cc32)c(C)c1[N+](=O)[O-]. The number of aromatic nitrogens is 2. The Labute approximate surface area is 147 Å². The van der Waals surface area contributed by atoms with E-state index in [1.807, 2.05) is 0 Å². The van der Waals surface area contributed by atoms with Gasteiger partial charge in [0, 0.05) is 10.6 Å². The van der Waals surface area contributed by atoms with Gasteiger partial charge in [-0.2, -0.15) is 5.10 Å². The zero-order valence-corrected chi connectivity index (χ0v) is 14.6. The van der Waals surface area contributed by atoms with Crippen molar-refractivity contribution >= 4 is 23.4 Å². The van der Waals surface area contributed by atoms with Crippen LogP contribution in [0.15, 0.2) is 23.1 Å². The van der Waals surface area contributed by atoms with Crippen molar-refractivity contribution in [2.24, 2.45) is 0 Å². The first-order valence-electron chi connectivity index (χ1n) is 7.77. The third kappa shape index (κ3) is 3.51. The Kier molecular flexibility index (Phi) is 4.76. The van der Waals surface area contributed by atoms with Gasteiger partial charge in [-0.1, -0.05) is 0 Å². The molecule has 3 rings (SSSR count). The number of nitrogens with zero attached hydrogens (tertiary/aromatic N) is 3. The first kappa shape index (κ1) is 17.4. The topological polar surface area (TPSA) is 90.1 Å². The number of halogens is 1. The van der Waals surface area contributed by atoms with Gasteiger partial charge in [0.15, 0.2) is 0 Å². The van der Waals surface area contributed by atoms with Crippen molar-refractivity contribution in [3.63, 3.8) is 0 Å². The summed E-state index contributed by atoms with van der Waals surface area (Å²) in [5.74, 6) is 0.178. The summed E-state index contributed by atoms with van der Waals surface area (Å²) in [7, 11) is 0. The number of nitro groups is 1. The summed E-state index contributed by atoms with van der Waals surface area (Å²) in [6.45, 7) is 2.99. The van der Waals surface area contributed by atoms with E-state index in [2.05, 4.69) is 10.4 Å². The summed E-state index contributed by atoms with van der Waals surface area (Å²) in [4.78, 5) is 23.9. The maximum absolute atomic E-state index is 13.5. The van der Waals surface area contributed by atoms with Gasteiger partial charge in [-0.05, 0) is 44.0 Å². The van der Waals surface area contributed by atoms with Crippen molar-refractivity contribution < 1.29 is 14.1 Å². The average molecular weight is 364 g/mol. The summed E-state index contributed by atoms with van der Waals surface area (Å²) in [6.07, 6.45) is 0.699. The molecule has 9 heteroatoms. The second kappa shape index (κ2) is 6.83. The van der Waals surface area contributed by atoms with Crippen molar-refractivity contribution in [3.05, 3.63) is 51.1 Å². The van der Waals surface area contributed by atoms with Crippen LogP contribution in [-0.4, -0.2) is 26.4 Å². The minimum atomic E-state index is -0.497. The highest BCUT2D eigenvalue weighted by Gasteiger charge is 2.25. The van der Waals surface area contributed by atoms with Gasteiger partial charge in [-0.3, -0.25) is 19.6 Å². The number of carbonyl (C=O) groups excluding carboxylic acids is 1. The zero-order valence-electron chi connectivity index (χ0n) is 13.8. The van der Waals surface area contributed by atoms with Crippen molar-refractivity contribution in [2.45, 2.75) is 37.8 Å². The lowest BCUT2D eigenvalue weighted by Gasteiger charge is -2.26. The summed E-state index contributed by atoms with van der Waals surface area (Å²) in [6, 6.07) is 4.30. The second-order valence-corrected chi connectivity index (χ2v) is 7.01. The van der Waals surface area contributed by atoms with Gasteiger partial charge in [0.25, 0.3) is 0 Å². The Balaban J connectivity index is 1.76. The monoisotopic (exact) mass is 364 g/mol. The summed E-state index contributed by atoms with van der Waals surface area (Å²) in [5, 5.41) is 18.0. The van der Waals surface area contributed by atoms with Gasteiger partial charge in [-0.15, -0.1) is 11.8 Å². The predicted molar refractivity (Wildman–Crippen MR) is 91.0 cm³/mol. The van der Waals surface area contributed by atoms with Crippen molar-refractivity contribution in [3.8, 4) is 0 Å². The fourth-order valence-electron chi connectivity index (χ4n) is 3.00. The van der Waals surface area contributed by atoms with Gasteiger partial charge in [-0.25, -0.2) is 4.39 Å². The molecule has 0 saturated heterocycles. The number of fused-ring (bicyclic) bond motifs is 1. The molecule has 1 aliphatic rings. The molecule has 132 valence electrons. The van der Waals surface area contributed by atoms with Gasteiger partial charge in [0.1, 0.15) is 23.7 Å². The second-order valence-electron chi connectivity index (χ2n) is 5.87. The summed E-state index contributed by atoms with van der Waals surface area (Å²) in [5.41, 5.74) is 1.30. The van der Waals surface area contributed by atoms with Crippen LogP contribution in [0, 0.1) is 29.8 Å². The predicted octanol–water partition coefficient (Wildman–Crippen LogP) is 2.90. The van der Waals surface area contributed by atoms with E-state index in [9.17, 15) is 19.3 Å². The number of aryl methyl sites for hydroxylation is 1. The van der Waals surface area contributed by atoms with Crippen molar-refractivity contribution in [1.29, 1.82) is 0 Å². The molecular formula is C16H17FN4O3S. The van der Waals surface area contributed by atoms with E-state index in [1.54, 1.807) is 24.8 Å². The molecule has 25 heavy (non-hydrogen) atoms. The van der Waals surface area contributed by atoms with E-state index in [0.29, 0.717) is 12.1 Å². The highest BCUT2D eigenvalue weighted by atomic mass is 32.2. The Bertz CT molecular complexity index is 852. The van der Waals surface area contributed by atoms with Crippen LogP contribution in [0.2, 0.25) is 0 Å². The van der Waals surface area contributed by atoms with E-state index in [-0.39, 0.29) is 35.7 Å². The lowest BCUT2D eigenvalue weighted by Crippen LogP contribution is -2.33. The number of nitrogens with one attached hydrogen (secondary N) is 1. The van der Waals surface area contributed by atoms with Gasteiger partial charge in [0.05, 0.1) is 11.0 Å². The van der Waals surface area contributed by atoms with Gasteiger partial charge < -0.3 is 5.32 Å². The summed E-state index contributed by atoms with van der Waals surface area (Å²) < 4.78 is 14.9. The fraction of sp³-hybridized carbons (Fsp3) is 0.375. The molecular weight excluding hydrogens is 347 g/mol. The molecule has 0 bridgehead atoms. The van der Waals surface area contributed by atoms with Gasteiger partial charge >= 0.3 is 5.69 Å². The molecule has 2 heterocycles. The molecule has 7 nitrogen and oxygen atoms in total. The highest BCUT2D eigenvalue weighted by Crippen LogP contribution is 2.36. The smallest absolute Gasteiger partial charge is 0.312 e. The Morgan fingerprint density at radius 1 is 1.52 bits per heavy atom. The normalized spacial score (nSPS) is 16.4. The Morgan fingerprint density at radius 3 is 2.96 bits per heavy atom. The number of carbonyl (C=O) groups is 1. The number of hydrogen-bond donors (Lipinski definition) is 1. The van der Waals surface area contributed by atoms with Crippen LogP contribution in [0.25, 0.3) is 0 Å². The molecule has 0 aliphatic carbocycles. The molecule has 2 aromatic rings. The maximum atomic E-state index is 13.5. The highest BCUT2D eigenvalue weighted by molar-refractivity contribution is 7.99. The van der Waals surface area contributed by atoms with Crippen LogP contribution < -0.4 is 5.32 Å². The van der Waals surface area contributed by atoms with Crippen LogP contribution >= 0.6 is 11.8 Å². The van der Waals surface area contributed by atoms with E-state index < -0.39 is 4.92 Å². The molecule has 0 spiro atoms. The largest absolute Gasteiger partial charge is 0.348 e. The number of amides is 1. The number of rotatable bonds is 4. The molecule has 1 unspecified atom stereocenters. The molecule has 0 saturated carbocycles. The van der Waals surface area contributed by atoms with E-state index in [1.165, 1.54) is 23.7 Å². The minimum absolute atomic E-state index is 0.0747. The Morgan fingerprint density at radius 2 is 2.28 bits per heavy atom. The van der Waals surface area contributed by atoms with Crippen LogP contribution in [0.5, 0.6) is 0 Å². The van der Waals surface area contributed by atoms with Crippen LogP contribution in [0.3, 0.4) is 0 Å². The van der Waals surface area contributed by atoms with E-state index in [0.717, 1.165) is 16.2 Å². The third-order valence-corrected chi connectivity index (χ3v) is 5.29. The number of benzene rings is 1. The summed E-state index contributed by atoms with van der Waals surface area (Å²) >= 11 is 1.63. The molecule has 0 fully saturated rings. The molecule has 1 aromatic carbocycles. The van der Waals surface area contributed by atoms with Crippen LogP contribution in [-0.2, 0) is 11.3 Å².